The van der Waals surface area contributed by atoms with Crippen LogP contribution in [-0.2, 0) is 6.42 Å². The van der Waals surface area contributed by atoms with Gasteiger partial charge in [0.15, 0.2) is 5.96 Å². The summed E-state index contributed by atoms with van der Waals surface area (Å²) in [4.78, 5) is 13.3. The molecule has 0 bridgehead atoms. The standard InChI is InChI=1S/C19H35N5S.HI/c1-5-20-19(21-10-9-18-23-16(3)17(4)25-18)22-13-15(2)14-24-11-7-6-8-12-24;/h15H,5-14H2,1-4H3,(H2,20,21,22);1H. The van der Waals surface area contributed by atoms with Gasteiger partial charge >= 0.3 is 0 Å². The monoisotopic (exact) mass is 493 g/mol. The number of hydrogen-bond donors (Lipinski definition) is 2. The molecule has 1 aromatic heterocycles. The summed E-state index contributed by atoms with van der Waals surface area (Å²) in [7, 11) is 0. The molecule has 7 heteroatoms. The highest BCUT2D eigenvalue weighted by molar-refractivity contribution is 14.0. The maximum Gasteiger partial charge on any atom is 0.191 e. The van der Waals surface area contributed by atoms with Gasteiger partial charge in [0.2, 0.25) is 0 Å². The molecule has 1 atom stereocenters. The van der Waals surface area contributed by atoms with Crippen LogP contribution in [0, 0.1) is 19.8 Å². The number of likely N-dealkylation sites (tertiary alicyclic amines) is 1. The van der Waals surface area contributed by atoms with Crippen molar-refractivity contribution < 1.29 is 0 Å². The van der Waals surface area contributed by atoms with Crippen LogP contribution in [0.25, 0.3) is 0 Å². The lowest BCUT2D eigenvalue weighted by molar-refractivity contribution is 0.203. The van der Waals surface area contributed by atoms with Gasteiger partial charge in [0.1, 0.15) is 0 Å². The third kappa shape index (κ3) is 8.52. The fourth-order valence-corrected chi connectivity index (χ4v) is 4.10. The number of hydrogen-bond acceptors (Lipinski definition) is 4. The summed E-state index contributed by atoms with van der Waals surface area (Å²) in [6, 6.07) is 0. The zero-order chi connectivity index (χ0) is 18.1. The molecule has 2 heterocycles. The van der Waals surface area contributed by atoms with Crippen molar-refractivity contribution >= 4 is 41.3 Å². The SMILES string of the molecule is CCNC(=NCC(C)CN1CCCCC1)NCCc1nc(C)c(C)s1.I. The van der Waals surface area contributed by atoms with Gasteiger partial charge in [0.05, 0.1) is 10.7 Å². The number of piperidine rings is 1. The maximum absolute atomic E-state index is 4.78. The molecule has 1 aromatic rings. The minimum atomic E-state index is 0. The first-order chi connectivity index (χ1) is 12.1. The second kappa shape index (κ2) is 12.9. The van der Waals surface area contributed by atoms with E-state index in [1.54, 1.807) is 11.3 Å². The first kappa shape index (κ1) is 23.6. The summed E-state index contributed by atoms with van der Waals surface area (Å²) < 4.78 is 0. The summed E-state index contributed by atoms with van der Waals surface area (Å²) in [5, 5.41) is 8.01. The van der Waals surface area contributed by atoms with Gasteiger partial charge in [-0.25, -0.2) is 4.98 Å². The van der Waals surface area contributed by atoms with Crippen LogP contribution in [0.2, 0.25) is 0 Å². The van der Waals surface area contributed by atoms with Crippen LogP contribution < -0.4 is 10.6 Å². The van der Waals surface area contributed by atoms with E-state index in [-0.39, 0.29) is 24.0 Å². The molecule has 0 aromatic carbocycles. The van der Waals surface area contributed by atoms with Crippen molar-refractivity contribution in [2.75, 3.05) is 39.3 Å². The predicted octanol–water partition coefficient (Wildman–Crippen LogP) is 3.60. The fraction of sp³-hybridized carbons (Fsp3) is 0.789. The molecule has 0 radical (unpaired) electrons. The quantitative estimate of drug-likeness (QED) is 0.330. The van der Waals surface area contributed by atoms with Gasteiger partial charge in [-0.3, -0.25) is 4.99 Å². The highest BCUT2D eigenvalue weighted by atomic mass is 127. The van der Waals surface area contributed by atoms with Crippen LogP contribution in [0.5, 0.6) is 0 Å². The third-order valence-corrected chi connectivity index (χ3v) is 5.76. The van der Waals surface area contributed by atoms with E-state index in [1.165, 1.54) is 48.8 Å². The lowest BCUT2D eigenvalue weighted by Crippen LogP contribution is -2.39. The van der Waals surface area contributed by atoms with Crippen LogP contribution >= 0.6 is 35.3 Å². The highest BCUT2D eigenvalue weighted by Crippen LogP contribution is 2.16. The normalized spacial score (nSPS) is 16.8. The average molecular weight is 494 g/mol. The number of nitrogens with one attached hydrogen (secondary N) is 2. The molecule has 5 nitrogen and oxygen atoms in total. The second-order valence-corrected chi connectivity index (χ2v) is 8.40. The maximum atomic E-state index is 4.78. The first-order valence-electron chi connectivity index (χ1n) is 9.76. The van der Waals surface area contributed by atoms with Gasteiger partial charge in [-0.2, -0.15) is 0 Å². The van der Waals surface area contributed by atoms with Crippen LogP contribution in [0.1, 0.15) is 48.7 Å². The largest absolute Gasteiger partial charge is 0.357 e. The van der Waals surface area contributed by atoms with Crippen LogP contribution in [0.3, 0.4) is 0 Å². The van der Waals surface area contributed by atoms with Gasteiger partial charge in [0, 0.05) is 37.5 Å². The Bertz CT molecular complexity index is 521. The predicted molar refractivity (Wildman–Crippen MR) is 124 cm³/mol. The van der Waals surface area contributed by atoms with Crippen LogP contribution in [0.4, 0.5) is 0 Å². The van der Waals surface area contributed by atoms with Gasteiger partial charge < -0.3 is 15.5 Å². The Hall–Kier alpha value is -0.410. The Morgan fingerprint density at radius 3 is 2.58 bits per heavy atom. The third-order valence-electron chi connectivity index (χ3n) is 4.63. The number of rotatable bonds is 8. The summed E-state index contributed by atoms with van der Waals surface area (Å²) >= 11 is 1.80. The molecule has 0 saturated carbocycles. The van der Waals surface area contributed by atoms with E-state index in [0.717, 1.165) is 37.7 Å². The van der Waals surface area contributed by atoms with E-state index in [0.29, 0.717) is 5.92 Å². The van der Waals surface area contributed by atoms with E-state index in [1.807, 2.05) is 0 Å². The van der Waals surface area contributed by atoms with E-state index in [4.69, 9.17) is 4.99 Å². The van der Waals surface area contributed by atoms with Crippen molar-refractivity contribution in [3.05, 3.63) is 15.6 Å². The second-order valence-electron chi connectivity index (χ2n) is 7.11. The minimum Gasteiger partial charge on any atom is -0.357 e. The van der Waals surface area contributed by atoms with Crippen molar-refractivity contribution in [1.82, 2.24) is 20.5 Å². The molecule has 150 valence electrons. The summed E-state index contributed by atoms with van der Waals surface area (Å²) in [5.41, 5.74) is 1.16. The number of thiazole rings is 1. The molecule has 1 aliphatic rings. The van der Waals surface area contributed by atoms with Gasteiger partial charge in [0.25, 0.3) is 0 Å². The van der Waals surface area contributed by atoms with E-state index in [9.17, 15) is 0 Å². The number of aryl methyl sites for hydroxylation is 2. The van der Waals surface area contributed by atoms with Gasteiger partial charge in [-0.15, -0.1) is 35.3 Å². The van der Waals surface area contributed by atoms with E-state index >= 15 is 0 Å². The number of aromatic nitrogens is 1. The lowest BCUT2D eigenvalue weighted by atomic mass is 10.1. The number of aliphatic imine (C=N–C) groups is 1. The molecule has 1 saturated heterocycles. The molecular weight excluding hydrogens is 457 g/mol. The summed E-state index contributed by atoms with van der Waals surface area (Å²) in [6.45, 7) is 15.0. The lowest BCUT2D eigenvalue weighted by Gasteiger charge is -2.28. The molecule has 0 spiro atoms. The molecule has 1 fully saturated rings. The molecule has 0 amide bonds. The zero-order valence-corrected chi connectivity index (χ0v) is 20.0. The Balaban J connectivity index is 0.00000338. The fourth-order valence-electron chi connectivity index (χ4n) is 3.16. The Morgan fingerprint density at radius 1 is 1.23 bits per heavy atom. The molecular formula is C19H36IN5S. The van der Waals surface area contributed by atoms with Gasteiger partial charge in [-0.1, -0.05) is 13.3 Å². The highest BCUT2D eigenvalue weighted by Gasteiger charge is 2.13. The number of halogens is 1. The molecule has 1 aliphatic heterocycles. The smallest absolute Gasteiger partial charge is 0.191 e. The first-order valence-corrected chi connectivity index (χ1v) is 10.6. The Kier molecular flexibility index (Phi) is 11.7. The molecule has 2 rings (SSSR count). The van der Waals surface area contributed by atoms with Crippen molar-refractivity contribution in [3.8, 4) is 0 Å². The molecule has 2 N–H and O–H groups in total. The topological polar surface area (TPSA) is 52.6 Å². The van der Waals surface area contributed by atoms with Crippen molar-refractivity contribution in [1.29, 1.82) is 0 Å². The minimum absolute atomic E-state index is 0. The molecule has 1 unspecified atom stereocenters. The van der Waals surface area contributed by atoms with Crippen molar-refractivity contribution in [3.63, 3.8) is 0 Å². The summed E-state index contributed by atoms with van der Waals surface area (Å²) in [6.07, 6.45) is 5.06. The van der Waals surface area contributed by atoms with E-state index in [2.05, 4.69) is 48.2 Å². The Morgan fingerprint density at radius 2 is 1.96 bits per heavy atom. The van der Waals surface area contributed by atoms with E-state index < -0.39 is 0 Å². The average Bonchev–Trinajstić information content (AvgIpc) is 2.91. The number of guanidine groups is 1. The van der Waals surface area contributed by atoms with Gasteiger partial charge in [-0.05, 0) is 52.6 Å². The molecule has 0 aliphatic carbocycles. The number of nitrogens with zero attached hydrogens (tertiary/aromatic N) is 3. The van der Waals surface area contributed by atoms with Crippen molar-refractivity contribution in [2.24, 2.45) is 10.9 Å². The van der Waals surface area contributed by atoms with Crippen LogP contribution in [0.15, 0.2) is 4.99 Å². The zero-order valence-electron chi connectivity index (χ0n) is 16.8. The summed E-state index contributed by atoms with van der Waals surface area (Å²) in [5.74, 6) is 1.52. The Labute approximate surface area is 180 Å². The van der Waals surface area contributed by atoms with Crippen molar-refractivity contribution in [2.45, 2.75) is 53.4 Å². The van der Waals surface area contributed by atoms with Crippen LogP contribution in [-0.4, -0.2) is 55.1 Å². The molecule has 26 heavy (non-hydrogen) atoms.